The Morgan fingerprint density at radius 1 is 1.00 bits per heavy atom. The number of halogens is 1. The molecule has 2 aromatic carbocycles. The van der Waals surface area contributed by atoms with E-state index in [2.05, 4.69) is 4.98 Å². The Morgan fingerprint density at radius 2 is 1.75 bits per heavy atom. The molecule has 20 heavy (non-hydrogen) atoms. The Balaban J connectivity index is 1.71. The van der Waals surface area contributed by atoms with E-state index in [1.807, 2.05) is 41.8 Å². The Kier molecular flexibility index (Phi) is 4.14. The fourth-order valence-corrected chi connectivity index (χ4v) is 3.58. The summed E-state index contributed by atoms with van der Waals surface area (Å²) in [5.74, 6) is 0.524. The molecule has 0 aliphatic carbocycles. The lowest BCUT2D eigenvalue weighted by molar-refractivity contribution is 0.602. The molecule has 1 heterocycles. The molecule has 3 rings (SSSR count). The lowest BCUT2D eigenvalue weighted by atomic mass is 10.2. The predicted molar refractivity (Wildman–Crippen MR) is 83.5 cm³/mol. The molecule has 0 saturated heterocycles. The summed E-state index contributed by atoms with van der Waals surface area (Å²) in [5, 5.41) is 3.06. The van der Waals surface area contributed by atoms with Crippen LogP contribution in [0.3, 0.4) is 0 Å². The first kappa shape index (κ1) is 13.3. The Hall–Kier alpha value is -1.65. The molecule has 0 amide bonds. The lowest BCUT2D eigenvalue weighted by Gasteiger charge is -2.00. The van der Waals surface area contributed by atoms with Crippen LogP contribution in [0.2, 0.25) is 0 Å². The minimum atomic E-state index is -0.169. The van der Waals surface area contributed by atoms with Gasteiger partial charge in [0.15, 0.2) is 0 Å². The van der Waals surface area contributed by atoms with Gasteiger partial charge in [-0.25, -0.2) is 9.37 Å². The van der Waals surface area contributed by atoms with Crippen molar-refractivity contribution in [2.24, 2.45) is 0 Å². The summed E-state index contributed by atoms with van der Waals surface area (Å²) in [6.45, 7) is 0. The maximum absolute atomic E-state index is 13.5. The van der Waals surface area contributed by atoms with Crippen LogP contribution in [-0.2, 0) is 5.75 Å². The SMILES string of the molecule is Fc1ccccc1SCc1nc(-c2ccccc2)cs1. The van der Waals surface area contributed by atoms with Crippen LogP contribution in [-0.4, -0.2) is 4.98 Å². The van der Waals surface area contributed by atoms with Crippen molar-refractivity contribution in [1.29, 1.82) is 0 Å². The van der Waals surface area contributed by atoms with Crippen LogP contribution >= 0.6 is 23.1 Å². The molecule has 1 aromatic heterocycles. The fraction of sp³-hybridized carbons (Fsp3) is 0.0625. The first-order valence-electron chi connectivity index (χ1n) is 6.20. The molecule has 0 atom stereocenters. The number of nitrogens with zero attached hydrogens (tertiary/aromatic N) is 1. The summed E-state index contributed by atoms with van der Waals surface area (Å²) in [6.07, 6.45) is 0. The average Bonchev–Trinajstić information content (AvgIpc) is 2.96. The van der Waals surface area contributed by atoms with Crippen molar-refractivity contribution in [1.82, 2.24) is 4.98 Å². The molecule has 1 nitrogen and oxygen atoms in total. The molecule has 100 valence electrons. The van der Waals surface area contributed by atoms with E-state index in [9.17, 15) is 4.39 Å². The maximum Gasteiger partial charge on any atom is 0.136 e. The zero-order chi connectivity index (χ0) is 13.8. The minimum absolute atomic E-state index is 0.169. The van der Waals surface area contributed by atoms with Crippen LogP contribution in [0.1, 0.15) is 5.01 Å². The second kappa shape index (κ2) is 6.20. The number of hydrogen-bond donors (Lipinski definition) is 0. The van der Waals surface area contributed by atoms with Crippen LogP contribution < -0.4 is 0 Å². The molecule has 0 fully saturated rings. The van der Waals surface area contributed by atoms with E-state index >= 15 is 0 Å². The van der Waals surface area contributed by atoms with Gasteiger partial charge < -0.3 is 0 Å². The molecular formula is C16H12FNS2. The third-order valence-corrected chi connectivity index (χ3v) is 4.90. The molecule has 0 spiro atoms. The molecular weight excluding hydrogens is 289 g/mol. The summed E-state index contributed by atoms with van der Waals surface area (Å²) in [6, 6.07) is 16.9. The summed E-state index contributed by atoms with van der Waals surface area (Å²) < 4.78 is 13.5. The number of rotatable bonds is 4. The fourth-order valence-electron chi connectivity index (χ4n) is 1.82. The highest BCUT2D eigenvalue weighted by Gasteiger charge is 2.06. The largest absolute Gasteiger partial charge is 0.240 e. The average molecular weight is 301 g/mol. The third-order valence-electron chi connectivity index (χ3n) is 2.81. The second-order valence-electron chi connectivity index (χ2n) is 4.21. The highest BCUT2D eigenvalue weighted by molar-refractivity contribution is 7.98. The highest BCUT2D eigenvalue weighted by atomic mass is 32.2. The normalized spacial score (nSPS) is 10.7. The zero-order valence-corrected chi connectivity index (χ0v) is 12.3. The summed E-state index contributed by atoms with van der Waals surface area (Å²) >= 11 is 3.10. The topological polar surface area (TPSA) is 12.9 Å². The van der Waals surface area contributed by atoms with Crippen LogP contribution in [0.4, 0.5) is 4.39 Å². The van der Waals surface area contributed by atoms with E-state index in [4.69, 9.17) is 0 Å². The molecule has 0 bridgehead atoms. The van der Waals surface area contributed by atoms with E-state index in [-0.39, 0.29) is 5.82 Å². The molecule has 0 saturated carbocycles. The van der Waals surface area contributed by atoms with Crippen molar-refractivity contribution in [2.75, 3.05) is 0 Å². The van der Waals surface area contributed by atoms with Gasteiger partial charge in [-0.15, -0.1) is 23.1 Å². The van der Waals surface area contributed by atoms with E-state index < -0.39 is 0 Å². The summed E-state index contributed by atoms with van der Waals surface area (Å²) in [7, 11) is 0. The van der Waals surface area contributed by atoms with E-state index in [0.29, 0.717) is 10.6 Å². The smallest absolute Gasteiger partial charge is 0.136 e. The molecule has 3 aromatic rings. The van der Waals surface area contributed by atoms with Crippen molar-refractivity contribution in [3.63, 3.8) is 0 Å². The van der Waals surface area contributed by atoms with Crippen molar-refractivity contribution in [2.45, 2.75) is 10.6 Å². The molecule has 0 N–H and O–H groups in total. The number of hydrogen-bond acceptors (Lipinski definition) is 3. The molecule has 0 radical (unpaired) electrons. The summed E-state index contributed by atoms with van der Waals surface area (Å²) in [5.41, 5.74) is 2.10. The van der Waals surface area contributed by atoms with Gasteiger partial charge in [-0.2, -0.15) is 0 Å². The maximum atomic E-state index is 13.5. The lowest BCUT2D eigenvalue weighted by Crippen LogP contribution is -1.83. The van der Waals surface area contributed by atoms with Gasteiger partial charge in [0, 0.05) is 15.8 Å². The number of thioether (sulfide) groups is 1. The van der Waals surface area contributed by atoms with Gasteiger partial charge in [0.25, 0.3) is 0 Å². The Labute approximate surface area is 125 Å². The van der Waals surface area contributed by atoms with E-state index in [1.165, 1.54) is 17.8 Å². The molecule has 4 heteroatoms. The van der Waals surface area contributed by atoms with Crippen LogP contribution in [0.25, 0.3) is 11.3 Å². The standard InChI is InChI=1S/C16H12FNS2/c17-13-8-4-5-9-15(13)19-11-16-18-14(10-20-16)12-6-2-1-3-7-12/h1-10H,11H2. The first-order chi connectivity index (χ1) is 9.83. The second-order valence-corrected chi connectivity index (χ2v) is 6.17. The quantitative estimate of drug-likeness (QED) is 0.611. The van der Waals surface area contributed by atoms with Gasteiger partial charge in [0.1, 0.15) is 10.8 Å². The van der Waals surface area contributed by atoms with Crippen LogP contribution in [0.15, 0.2) is 64.9 Å². The zero-order valence-electron chi connectivity index (χ0n) is 10.6. The van der Waals surface area contributed by atoms with Gasteiger partial charge in [-0.05, 0) is 12.1 Å². The number of benzene rings is 2. The van der Waals surface area contributed by atoms with E-state index in [0.717, 1.165) is 16.3 Å². The van der Waals surface area contributed by atoms with Crippen molar-refractivity contribution >= 4 is 23.1 Å². The van der Waals surface area contributed by atoms with Gasteiger partial charge in [0.2, 0.25) is 0 Å². The highest BCUT2D eigenvalue weighted by Crippen LogP contribution is 2.28. The minimum Gasteiger partial charge on any atom is -0.240 e. The molecule has 0 aliphatic heterocycles. The van der Waals surface area contributed by atoms with Gasteiger partial charge in [-0.3, -0.25) is 0 Å². The molecule has 0 unspecified atom stereocenters. The van der Waals surface area contributed by atoms with Crippen LogP contribution in [0, 0.1) is 5.82 Å². The number of thiazole rings is 1. The van der Waals surface area contributed by atoms with Crippen molar-refractivity contribution in [3.05, 3.63) is 70.8 Å². The van der Waals surface area contributed by atoms with E-state index in [1.54, 1.807) is 23.5 Å². The van der Waals surface area contributed by atoms with Gasteiger partial charge >= 0.3 is 0 Å². The summed E-state index contributed by atoms with van der Waals surface area (Å²) in [4.78, 5) is 5.27. The predicted octanol–water partition coefficient (Wildman–Crippen LogP) is 5.24. The first-order valence-corrected chi connectivity index (χ1v) is 8.06. The van der Waals surface area contributed by atoms with Crippen molar-refractivity contribution < 1.29 is 4.39 Å². The monoisotopic (exact) mass is 301 g/mol. The van der Waals surface area contributed by atoms with Gasteiger partial charge in [-0.1, -0.05) is 42.5 Å². The van der Waals surface area contributed by atoms with Crippen LogP contribution in [0.5, 0.6) is 0 Å². The number of aromatic nitrogens is 1. The Morgan fingerprint density at radius 3 is 2.55 bits per heavy atom. The Bertz CT molecular complexity index is 694. The third kappa shape index (κ3) is 3.08. The van der Waals surface area contributed by atoms with Crippen molar-refractivity contribution in [3.8, 4) is 11.3 Å². The molecule has 0 aliphatic rings. The van der Waals surface area contributed by atoms with Gasteiger partial charge in [0.05, 0.1) is 11.4 Å².